The van der Waals surface area contributed by atoms with Crippen molar-refractivity contribution >= 4 is 5.97 Å². The molecule has 1 aromatic carbocycles. The summed E-state index contributed by atoms with van der Waals surface area (Å²) in [6, 6.07) is 9.89. The van der Waals surface area contributed by atoms with E-state index in [1.807, 2.05) is 43.5 Å². The zero-order valence-corrected chi connectivity index (χ0v) is 12.5. The standard InChI is InChI=1S/C17H23NO2/c1-5-12-17(13(3)6-2)16(19)20-15(18(17)4)14-10-8-7-9-11-14/h5,7-11,13,15H,1,6,12H2,2-4H3/t13?,15-,17-/m0/s1. The minimum Gasteiger partial charge on any atom is -0.441 e. The van der Waals surface area contributed by atoms with Gasteiger partial charge in [0.15, 0.2) is 6.23 Å². The normalized spacial score (nSPS) is 28.1. The molecule has 108 valence electrons. The van der Waals surface area contributed by atoms with Crippen LogP contribution in [0, 0.1) is 5.92 Å². The summed E-state index contributed by atoms with van der Waals surface area (Å²) in [5, 5.41) is 0. The van der Waals surface area contributed by atoms with Gasteiger partial charge in [0.05, 0.1) is 0 Å². The molecule has 1 heterocycles. The molecule has 20 heavy (non-hydrogen) atoms. The molecule has 1 aliphatic rings. The number of hydrogen-bond acceptors (Lipinski definition) is 3. The van der Waals surface area contributed by atoms with Crippen LogP contribution in [0.15, 0.2) is 43.0 Å². The zero-order chi connectivity index (χ0) is 14.8. The van der Waals surface area contributed by atoms with Gasteiger partial charge in [0.2, 0.25) is 0 Å². The van der Waals surface area contributed by atoms with E-state index in [-0.39, 0.29) is 18.1 Å². The minimum atomic E-state index is -0.600. The molecule has 0 amide bonds. The molecule has 3 nitrogen and oxygen atoms in total. The lowest BCUT2D eigenvalue weighted by Crippen LogP contribution is -2.51. The molecule has 3 atom stereocenters. The molecular formula is C17H23NO2. The molecular weight excluding hydrogens is 250 g/mol. The molecule has 2 rings (SSSR count). The van der Waals surface area contributed by atoms with Crippen molar-refractivity contribution in [2.75, 3.05) is 7.05 Å². The van der Waals surface area contributed by atoms with Crippen molar-refractivity contribution in [1.82, 2.24) is 4.90 Å². The summed E-state index contributed by atoms with van der Waals surface area (Å²) in [7, 11) is 1.97. The Bertz CT molecular complexity index is 485. The number of carbonyl (C=O) groups excluding carboxylic acids is 1. The second-order valence-corrected chi connectivity index (χ2v) is 5.51. The van der Waals surface area contributed by atoms with Gasteiger partial charge in [-0.1, -0.05) is 56.7 Å². The van der Waals surface area contributed by atoms with E-state index in [4.69, 9.17) is 4.74 Å². The fourth-order valence-corrected chi connectivity index (χ4v) is 3.08. The largest absolute Gasteiger partial charge is 0.441 e. The average Bonchev–Trinajstić information content (AvgIpc) is 2.73. The van der Waals surface area contributed by atoms with Gasteiger partial charge in [-0.2, -0.15) is 0 Å². The van der Waals surface area contributed by atoms with Gasteiger partial charge in [0.25, 0.3) is 0 Å². The van der Waals surface area contributed by atoms with E-state index in [0.717, 1.165) is 12.0 Å². The van der Waals surface area contributed by atoms with Gasteiger partial charge in [-0.25, -0.2) is 4.79 Å². The highest BCUT2D eigenvalue weighted by atomic mass is 16.6. The van der Waals surface area contributed by atoms with Crippen molar-refractivity contribution in [1.29, 1.82) is 0 Å². The van der Waals surface area contributed by atoms with Crippen molar-refractivity contribution in [2.24, 2.45) is 5.92 Å². The molecule has 0 aliphatic carbocycles. The first-order valence-corrected chi connectivity index (χ1v) is 7.17. The second-order valence-electron chi connectivity index (χ2n) is 5.51. The third-order valence-corrected chi connectivity index (χ3v) is 4.52. The number of esters is 1. The number of benzene rings is 1. The Morgan fingerprint density at radius 3 is 2.65 bits per heavy atom. The maximum Gasteiger partial charge on any atom is 0.329 e. The summed E-state index contributed by atoms with van der Waals surface area (Å²) < 4.78 is 5.69. The van der Waals surface area contributed by atoms with Crippen molar-refractivity contribution in [3.8, 4) is 0 Å². The van der Waals surface area contributed by atoms with Crippen LogP contribution >= 0.6 is 0 Å². The van der Waals surface area contributed by atoms with Gasteiger partial charge in [-0.3, -0.25) is 4.90 Å². The first-order chi connectivity index (χ1) is 9.57. The van der Waals surface area contributed by atoms with E-state index in [9.17, 15) is 4.79 Å². The minimum absolute atomic E-state index is 0.136. The van der Waals surface area contributed by atoms with E-state index in [1.165, 1.54) is 0 Å². The lowest BCUT2D eigenvalue weighted by atomic mass is 9.79. The maximum atomic E-state index is 12.6. The number of ether oxygens (including phenoxy) is 1. The van der Waals surface area contributed by atoms with E-state index in [2.05, 4.69) is 25.3 Å². The van der Waals surface area contributed by atoms with E-state index >= 15 is 0 Å². The van der Waals surface area contributed by atoms with Crippen molar-refractivity contribution in [3.63, 3.8) is 0 Å². The smallest absolute Gasteiger partial charge is 0.329 e. The number of hydrogen-bond donors (Lipinski definition) is 0. The molecule has 1 aromatic rings. The van der Waals surface area contributed by atoms with Gasteiger partial charge in [-0.15, -0.1) is 6.58 Å². The SMILES string of the molecule is C=CC[C@]1(C(C)CC)C(=O)O[C@@H](c2ccccc2)N1C. The Balaban J connectivity index is 2.40. The Kier molecular flexibility index (Phi) is 4.29. The van der Waals surface area contributed by atoms with Crippen LogP contribution in [0.3, 0.4) is 0 Å². The molecule has 1 unspecified atom stereocenters. The highest BCUT2D eigenvalue weighted by molar-refractivity contribution is 5.83. The van der Waals surface area contributed by atoms with Crippen molar-refractivity contribution in [3.05, 3.63) is 48.6 Å². The molecule has 1 aliphatic heterocycles. The summed E-state index contributed by atoms with van der Waals surface area (Å²) in [6.07, 6.45) is 3.05. The van der Waals surface area contributed by atoms with Crippen LogP contribution in [0.1, 0.15) is 38.5 Å². The molecule has 0 saturated carbocycles. The highest BCUT2D eigenvalue weighted by Gasteiger charge is 2.55. The first kappa shape index (κ1) is 14.8. The monoisotopic (exact) mass is 273 g/mol. The maximum absolute atomic E-state index is 12.6. The Morgan fingerprint density at radius 2 is 2.10 bits per heavy atom. The second kappa shape index (κ2) is 5.80. The van der Waals surface area contributed by atoms with Gasteiger partial charge in [0, 0.05) is 5.56 Å². The summed E-state index contributed by atoms with van der Waals surface area (Å²) in [4.78, 5) is 14.6. The lowest BCUT2D eigenvalue weighted by Gasteiger charge is -2.37. The third kappa shape index (κ3) is 2.16. The van der Waals surface area contributed by atoms with Crippen LogP contribution in [0.2, 0.25) is 0 Å². The molecule has 0 N–H and O–H groups in total. The predicted octanol–water partition coefficient (Wildman–Crippen LogP) is 3.53. The van der Waals surface area contributed by atoms with Crippen LogP contribution in [-0.2, 0) is 9.53 Å². The first-order valence-electron chi connectivity index (χ1n) is 7.17. The van der Waals surface area contributed by atoms with Crippen LogP contribution < -0.4 is 0 Å². The highest BCUT2D eigenvalue weighted by Crippen LogP contribution is 2.44. The van der Waals surface area contributed by atoms with Gasteiger partial charge >= 0.3 is 5.97 Å². The van der Waals surface area contributed by atoms with E-state index < -0.39 is 5.54 Å². The molecule has 0 radical (unpaired) electrons. The Hall–Kier alpha value is -1.61. The van der Waals surface area contributed by atoms with E-state index in [0.29, 0.717) is 6.42 Å². The number of cyclic esters (lactones) is 1. The fraction of sp³-hybridized carbons (Fsp3) is 0.471. The summed E-state index contributed by atoms with van der Waals surface area (Å²) in [5.74, 6) is 0.0785. The summed E-state index contributed by atoms with van der Waals surface area (Å²) >= 11 is 0. The van der Waals surface area contributed by atoms with Crippen LogP contribution in [0.5, 0.6) is 0 Å². The number of carbonyl (C=O) groups is 1. The third-order valence-electron chi connectivity index (χ3n) is 4.52. The molecule has 0 bridgehead atoms. The fourth-order valence-electron chi connectivity index (χ4n) is 3.08. The molecule has 3 heteroatoms. The Labute approximate surface area is 121 Å². The molecule has 0 aromatic heterocycles. The quantitative estimate of drug-likeness (QED) is 0.607. The lowest BCUT2D eigenvalue weighted by molar-refractivity contribution is -0.147. The van der Waals surface area contributed by atoms with Gasteiger partial charge < -0.3 is 4.74 Å². The van der Waals surface area contributed by atoms with Crippen molar-refractivity contribution in [2.45, 2.75) is 38.5 Å². The molecule has 0 spiro atoms. The van der Waals surface area contributed by atoms with Crippen LogP contribution in [0.25, 0.3) is 0 Å². The van der Waals surface area contributed by atoms with Gasteiger partial charge in [0.1, 0.15) is 5.54 Å². The van der Waals surface area contributed by atoms with Crippen LogP contribution in [0.4, 0.5) is 0 Å². The van der Waals surface area contributed by atoms with Gasteiger partial charge in [-0.05, 0) is 19.4 Å². The number of rotatable bonds is 5. The molecule has 1 fully saturated rings. The summed E-state index contributed by atoms with van der Waals surface area (Å²) in [5.41, 5.74) is 0.411. The number of nitrogens with zero attached hydrogens (tertiary/aromatic N) is 1. The molecule has 1 saturated heterocycles. The number of likely N-dealkylation sites (N-methyl/N-ethyl adjacent to an activating group) is 1. The topological polar surface area (TPSA) is 29.5 Å². The predicted molar refractivity (Wildman–Crippen MR) is 80.0 cm³/mol. The van der Waals surface area contributed by atoms with Crippen LogP contribution in [-0.4, -0.2) is 23.5 Å². The van der Waals surface area contributed by atoms with Crippen molar-refractivity contribution < 1.29 is 9.53 Å². The summed E-state index contributed by atoms with van der Waals surface area (Å²) in [6.45, 7) is 8.03. The average molecular weight is 273 g/mol. The zero-order valence-electron chi connectivity index (χ0n) is 12.5. The van der Waals surface area contributed by atoms with E-state index in [1.54, 1.807) is 0 Å². The Morgan fingerprint density at radius 1 is 1.45 bits per heavy atom.